The van der Waals surface area contributed by atoms with Crippen LogP contribution in [0.3, 0.4) is 0 Å². The van der Waals surface area contributed by atoms with Crippen molar-refractivity contribution in [3.05, 3.63) is 0 Å². The van der Waals surface area contributed by atoms with Gasteiger partial charge in [0.1, 0.15) is 0 Å². The lowest BCUT2D eigenvalue weighted by molar-refractivity contribution is 0.121. The second-order valence-electron chi connectivity index (χ2n) is 5.55. The summed E-state index contributed by atoms with van der Waals surface area (Å²) in [6.45, 7) is 16.3. The number of rotatable bonds is 0. The van der Waals surface area contributed by atoms with E-state index in [4.69, 9.17) is 0 Å². The van der Waals surface area contributed by atoms with Gasteiger partial charge in [0.2, 0.25) is 0 Å². The number of hydrogen-bond acceptors (Lipinski definition) is 2. The van der Waals surface area contributed by atoms with Crippen molar-refractivity contribution in [1.82, 2.24) is 10.6 Å². The summed E-state index contributed by atoms with van der Waals surface area (Å²) in [6.07, 6.45) is 5.46. The Kier molecular flexibility index (Phi) is 8.06. The Morgan fingerprint density at radius 3 is 1.71 bits per heavy atom. The van der Waals surface area contributed by atoms with E-state index in [-0.39, 0.29) is 0 Å². The van der Waals surface area contributed by atoms with Gasteiger partial charge in [0, 0.05) is 25.2 Å². The van der Waals surface area contributed by atoms with Crippen molar-refractivity contribution in [3.63, 3.8) is 0 Å². The number of hydrogen-bond donors (Lipinski definition) is 2. The normalized spacial score (nSPS) is 25.1. The molecule has 0 amide bonds. The van der Waals surface area contributed by atoms with Gasteiger partial charge in [0.15, 0.2) is 0 Å². The predicted octanol–water partition coefficient (Wildman–Crippen LogP) is 3.57. The summed E-state index contributed by atoms with van der Waals surface area (Å²) in [7, 11) is 0. The summed E-state index contributed by atoms with van der Waals surface area (Å²) in [5.74, 6) is 0. The standard InChI is InChI=1S/C11H22N2.2C2H6/c1-10(2)3-5-11(6-4-10)9-12-7-8-13-11;2*1-2/h12-13H,3-9H2,1-2H3;2*1-2H3. The molecule has 0 atom stereocenters. The highest BCUT2D eigenvalue weighted by Crippen LogP contribution is 2.40. The second-order valence-corrected chi connectivity index (χ2v) is 5.55. The highest BCUT2D eigenvalue weighted by molar-refractivity contribution is 4.98. The van der Waals surface area contributed by atoms with Gasteiger partial charge in [-0.3, -0.25) is 0 Å². The fourth-order valence-electron chi connectivity index (χ4n) is 2.57. The van der Waals surface area contributed by atoms with Crippen LogP contribution in [0.25, 0.3) is 0 Å². The van der Waals surface area contributed by atoms with E-state index >= 15 is 0 Å². The fraction of sp³-hybridized carbons (Fsp3) is 1.00. The highest BCUT2D eigenvalue weighted by atomic mass is 15.1. The van der Waals surface area contributed by atoms with Crippen molar-refractivity contribution in [3.8, 4) is 0 Å². The van der Waals surface area contributed by atoms with E-state index in [9.17, 15) is 0 Å². The maximum atomic E-state index is 3.71. The summed E-state index contributed by atoms with van der Waals surface area (Å²) in [5, 5.41) is 7.22. The molecule has 2 rings (SSSR count). The maximum Gasteiger partial charge on any atom is 0.0307 e. The van der Waals surface area contributed by atoms with Crippen LogP contribution in [0.5, 0.6) is 0 Å². The summed E-state index contributed by atoms with van der Waals surface area (Å²) in [4.78, 5) is 0. The van der Waals surface area contributed by atoms with E-state index in [0.29, 0.717) is 11.0 Å². The SMILES string of the molecule is CC.CC.CC1(C)CCC2(CC1)CNCCN2. The average molecular weight is 242 g/mol. The van der Waals surface area contributed by atoms with Gasteiger partial charge in [0.05, 0.1) is 0 Å². The Morgan fingerprint density at radius 2 is 1.29 bits per heavy atom. The molecule has 0 aromatic heterocycles. The topological polar surface area (TPSA) is 24.1 Å². The largest absolute Gasteiger partial charge is 0.314 e. The minimum absolute atomic E-state index is 0.452. The van der Waals surface area contributed by atoms with E-state index in [2.05, 4.69) is 24.5 Å². The third-order valence-electron chi connectivity index (χ3n) is 3.83. The van der Waals surface area contributed by atoms with Crippen molar-refractivity contribution in [2.75, 3.05) is 19.6 Å². The minimum Gasteiger partial charge on any atom is -0.314 e. The van der Waals surface area contributed by atoms with Gasteiger partial charge < -0.3 is 10.6 Å². The smallest absolute Gasteiger partial charge is 0.0307 e. The molecule has 104 valence electrons. The van der Waals surface area contributed by atoms with Gasteiger partial charge in [-0.25, -0.2) is 0 Å². The van der Waals surface area contributed by atoms with E-state index in [1.54, 1.807) is 0 Å². The molecular weight excluding hydrogens is 208 g/mol. The van der Waals surface area contributed by atoms with E-state index in [1.165, 1.54) is 32.2 Å². The molecule has 1 heterocycles. The second kappa shape index (κ2) is 8.10. The zero-order valence-electron chi connectivity index (χ0n) is 12.9. The Morgan fingerprint density at radius 1 is 0.765 bits per heavy atom. The Bertz CT molecular complexity index is 169. The van der Waals surface area contributed by atoms with E-state index in [1.807, 2.05) is 27.7 Å². The summed E-state index contributed by atoms with van der Waals surface area (Å²) >= 11 is 0. The summed E-state index contributed by atoms with van der Waals surface area (Å²) < 4.78 is 0. The monoisotopic (exact) mass is 242 g/mol. The van der Waals surface area contributed by atoms with Crippen molar-refractivity contribution in [1.29, 1.82) is 0 Å². The molecule has 0 unspecified atom stereocenters. The minimum atomic E-state index is 0.452. The molecule has 0 radical (unpaired) electrons. The van der Waals surface area contributed by atoms with Crippen molar-refractivity contribution in [2.45, 2.75) is 72.8 Å². The molecule has 2 heteroatoms. The molecule has 17 heavy (non-hydrogen) atoms. The Hall–Kier alpha value is -0.0800. The van der Waals surface area contributed by atoms with Crippen molar-refractivity contribution in [2.24, 2.45) is 5.41 Å². The van der Waals surface area contributed by atoms with E-state index in [0.717, 1.165) is 13.1 Å². The molecule has 1 saturated carbocycles. The molecule has 1 aliphatic heterocycles. The molecule has 1 aliphatic carbocycles. The van der Waals surface area contributed by atoms with Gasteiger partial charge in [-0.2, -0.15) is 0 Å². The van der Waals surface area contributed by atoms with Gasteiger partial charge >= 0.3 is 0 Å². The lowest BCUT2D eigenvalue weighted by Crippen LogP contribution is -2.60. The molecule has 0 aromatic rings. The summed E-state index contributed by atoms with van der Waals surface area (Å²) in [6, 6.07) is 0. The van der Waals surface area contributed by atoms with Crippen LogP contribution in [0.15, 0.2) is 0 Å². The number of piperazine rings is 1. The van der Waals surface area contributed by atoms with Crippen LogP contribution < -0.4 is 10.6 Å². The third-order valence-corrected chi connectivity index (χ3v) is 3.83. The lowest BCUT2D eigenvalue weighted by Gasteiger charge is -2.46. The quantitative estimate of drug-likeness (QED) is 0.678. The fourth-order valence-corrected chi connectivity index (χ4v) is 2.57. The maximum absolute atomic E-state index is 3.71. The van der Waals surface area contributed by atoms with Gasteiger partial charge in [-0.15, -0.1) is 0 Å². The lowest BCUT2D eigenvalue weighted by atomic mass is 9.69. The summed E-state index contributed by atoms with van der Waals surface area (Å²) in [5.41, 5.74) is 1.04. The molecule has 0 aromatic carbocycles. The molecule has 2 fully saturated rings. The van der Waals surface area contributed by atoms with Crippen molar-refractivity contribution < 1.29 is 0 Å². The van der Waals surface area contributed by atoms with Crippen LogP contribution in [0.1, 0.15) is 67.2 Å². The zero-order chi connectivity index (χ0) is 13.4. The van der Waals surface area contributed by atoms with Crippen LogP contribution >= 0.6 is 0 Å². The first-order chi connectivity index (χ1) is 8.12. The number of nitrogens with one attached hydrogen (secondary N) is 2. The Labute approximate surface area is 109 Å². The van der Waals surface area contributed by atoms with Crippen LogP contribution in [0, 0.1) is 5.41 Å². The van der Waals surface area contributed by atoms with Crippen LogP contribution in [0.2, 0.25) is 0 Å². The molecule has 1 spiro atoms. The van der Waals surface area contributed by atoms with Gasteiger partial charge in [-0.1, -0.05) is 41.5 Å². The average Bonchev–Trinajstić information content (AvgIpc) is 2.40. The van der Waals surface area contributed by atoms with Crippen LogP contribution in [-0.2, 0) is 0 Å². The van der Waals surface area contributed by atoms with Gasteiger partial charge in [-0.05, 0) is 31.1 Å². The molecule has 2 nitrogen and oxygen atoms in total. The van der Waals surface area contributed by atoms with Crippen molar-refractivity contribution >= 4 is 0 Å². The highest BCUT2D eigenvalue weighted by Gasteiger charge is 2.38. The first-order valence-electron chi connectivity index (χ1n) is 7.58. The van der Waals surface area contributed by atoms with Crippen LogP contribution in [0.4, 0.5) is 0 Å². The van der Waals surface area contributed by atoms with Crippen LogP contribution in [-0.4, -0.2) is 25.2 Å². The molecule has 0 bridgehead atoms. The Balaban J connectivity index is 0.000000581. The molecule has 2 N–H and O–H groups in total. The first kappa shape index (κ1) is 16.9. The molecule has 1 saturated heterocycles. The van der Waals surface area contributed by atoms with Gasteiger partial charge in [0.25, 0.3) is 0 Å². The third kappa shape index (κ3) is 5.39. The molecule has 2 aliphatic rings. The zero-order valence-corrected chi connectivity index (χ0v) is 12.9. The first-order valence-corrected chi connectivity index (χ1v) is 7.58. The molecular formula is C15H34N2. The predicted molar refractivity (Wildman–Crippen MR) is 78.5 cm³/mol. The van der Waals surface area contributed by atoms with E-state index < -0.39 is 0 Å².